The smallest absolute Gasteiger partial charge is 0.121 e. The molecule has 3 aromatic carbocycles. The largest absolute Gasteiger partial charge is 0.494 e. The summed E-state index contributed by atoms with van der Waals surface area (Å²) in [6.45, 7) is 4.27. The van der Waals surface area contributed by atoms with Crippen LogP contribution < -0.4 is 14.8 Å². The maximum absolute atomic E-state index is 5.92. The summed E-state index contributed by atoms with van der Waals surface area (Å²) in [5, 5.41) is 3.45. The average Bonchev–Trinajstić information content (AvgIpc) is 2.72. The van der Waals surface area contributed by atoms with Crippen molar-refractivity contribution in [3.63, 3.8) is 0 Å². The zero-order chi connectivity index (χ0) is 18.7. The van der Waals surface area contributed by atoms with E-state index in [2.05, 4.69) is 54.7 Å². The SMILES string of the molecule is CCCOc1cccc(NCc2cccc(OCCc3ccccc3)c2)c1. The van der Waals surface area contributed by atoms with Gasteiger partial charge in [0, 0.05) is 24.7 Å². The molecule has 0 aliphatic heterocycles. The minimum atomic E-state index is 0.678. The van der Waals surface area contributed by atoms with Gasteiger partial charge in [0.25, 0.3) is 0 Å². The summed E-state index contributed by atoms with van der Waals surface area (Å²) in [4.78, 5) is 0. The summed E-state index contributed by atoms with van der Waals surface area (Å²) in [7, 11) is 0. The van der Waals surface area contributed by atoms with Crippen molar-refractivity contribution < 1.29 is 9.47 Å². The Morgan fingerprint density at radius 1 is 0.704 bits per heavy atom. The zero-order valence-electron chi connectivity index (χ0n) is 15.9. The van der Waals surface area contributed by atoms with Gasteiger partial charge in [-0.1, -0.05) is 55.5 Å². The number of anilines is 1. The molecule has 27 heavy (non-hydrogen) atoms. The molecule has 140 valence electrons. The van der Waals surface area contributed by atoms with E-state index in [0.29, 0.717) is 6.61 Å². The van der Waals surface area contributed by atoms with Crippen LogP contribution in [0.3, 0.4) is 0 Å². The lowest BCUT2D eigenvalue weighted by molar-refractivity contribution is 0.317. The highest BCUT2D eigenvalue weighted by molar-refractivity contribution is 5.48. The van der Waals surface area contributed by atoms with E-state index in [-0.39, 0.29) is 0 Å². The number of nitrogens with one attached hydrogen (secondary N) is 1. The molecule has 0 unspecified atom stereocenters. The number of benzene rings is 3. The van der Waals surface area contributed by atoms with Gasteiger partial charge in [-0.05, 0) is 41.8 Å². The average molecular weight is 361 g/mol. The molecule has 0 aromatic heterocycles. The Morgan fingerprint density at radius 3 is 2.22 bits per heavy atom. The number of ether oxygens (including phenoxy) is 2. The Morgan fingerprint density at radius 2 is 1.41 bits per heavy atom. The Kier molecular flexibility index (Phi) is 7.16. The van der Waals surface area contributed by atoms with Gasteiger partial charge >= 0.3 is 0 Å². The van der Waals surface area contributed by atoms with Crippen molar-refractivity contribution in [2.75, 3.05) is 18.5 Å². The minimum absolute atomic E-state index is 0.678. The first-order valence-corrected chi connectivity index (χ1v) is 9.56. The van der Waals surface area contributed by atoms with Crippen LogP contribution >= 0.6 is 0 Å². The predicted octanol–water partition coefficient (Wildman–Crippen LogP) is 5.71. The van der Waals surface area contributed by atoms with Crippen LogP contribution in [0.2, 0.25) is 0 Å². The molecule has 3 heteroatoms. The lowest BCUT2D eigenvalue weighted by atomic mass is 10.2. The zero-order valence-corrected chi connectivity index (χ0v) is 15.9. The molecule has 0 spiro atoms. The van der Waals surface area contributed by atoms with Crippen LogP contribution in [0.15, 0.2) is 78.9 Å². The van der Waals surface area contributed by atoms with E-state index in [9.17, 15) is 0 Å². The summed E-state index contributed by atoms with van der Waals surface area (Å²) < 4.78 is 11.6. The number of hydrogen-bond acceptors (Lipinski definition) is 3. The molecule has 0 aliphatic rings. The molecule has 3 rings (SSSR count). The molecule has 1 N–H and O–H groups in total. The Labute approximate surface area is 162 Å². The molecule has 3 nitrogen and oxygen atoms in total. The summed E-state index contributed by atoms with van der Waals surface area (Å²) in [5.41, 5.74) is 3.53. The Balaban J connectivity index is 1.50. The lowest BCUT2D eigenvalue weighted by Crippen LogP contribution is -2.03. The number of rotatable bonds is 10. The van der Waals surface area contributed by atoms with Crippen molar-refractivity contribution in [3.05, 3.63) is 90.0 Å². The van der Waals surface area contributed by atoms with Gasteiger partial charge in [0.2, 0.25) is 0 Å². The molecule has 0 saturated carbocycles. The van der Waals surface area contributed by atoms with E-state index in [1.807, 2.05) is 36.4 Å². The van der Waals surface area contributed by atoms with Gasteiger partial charge in [-0.25, -0.2) is 0 Å². The first-order valence-electron chi connectivity index (χ1n) is 9.56. The van der Waals surface area contributed by atoms with E-state index in [1.54, 1.807) is 0 Å². The molecule has 0 aliphatic carbocycles. The third-order valence-corrected chi connectivity index (χ3v) is 4.20. The van der Waals surface area contributed by atoms with Gasteiger partial charge in [-0.2, -0.15) is 0 Å². The molecule has 0 heterocycles. The summed E-state index contributed by atoms with van der Waals surface area (Å²) in [6.07, 6.45) is 1.92. The van der Waals surface area contributed by atoms with E-state index in [0.717, 1.165) is 43.2 Å². The van der Waals surface area contributed by atoms with Crippen LogP contribution in [-0.4, -0.2) is 13.2 Å². The lowest BCUT2D eigenvalue weighted by Gasteiger charge is -2.11. The maximum atomic E-state index is 5.92. The van der Waals surface area contributed by atoms with Gasteiger partial charge in [-0.3, -0.25) is 0 Å². The monoisotopic (exact) mass is 361 g/mol. The first-order chi connectivity index (χ1) is 13.3. The molecule has 0 amide bonds. The first kappa shape index (κ1) is 18.8. The summed E-state index contributed by atoms with van der Waals surface area (Å²) in [6, 6.07) is 26.7. The van der Waals surface area contributed by atoms with Crippen molar-refractivity contribution in [1.82, 2.24) is 0 Å². The topological polar surface area (TPSA) is 30.5 Å². The van der Waals surface area contributed by atoms with E-state index in [4.69, 9.17) is 9.47 Å². The standard InChI is InChI=1S/C24H27NO2/c1-2-15-26-24-13-7-11-22(18-24)25-19-21-10-6-12-23(17-21)27-16-14-20-8-4-3-5-9-20/h3-13,17-18,25H,2,14-16,19H2,1H3. The van der Waals surface area contributed by atoms with Gasteiger partial charge in [0.1, 0.15) is 11.5 Å². The van der Waals surface area contributed by atoms with Crippen LogP contribution in [0.1, 0.15) is 24.5 Å². The molecule has 0 fully saturated rings. The molecule has 3 aromatic rings. The van der Waals surface area contributed by atoms with Crippen LogP contribution in [0.25, 0.3) is 0 Å². The fourth-order valence-corrected chi connectivity index (χ4v) is 2.80. The fourth-order valence-electron chi connectivity index (χ4n) is 2.80. The van der Waals surface area contributed by atoms with Gasteiger partial charge in [-0.15, -0.1) is 0 Å². The van der Waals surface area contributed by atoms with Crippen LogP contribution in [0, 0.1) is 0 Å². The molecule has 0 saturated heterocycles. The molecular weight excluding hydrogens is 334 g/mol. The molecule has 0 atom stereocenters. The second-order valence-electron chi connectivity index (χ2n) is 6.46. The third kappa shape index (κ3) is 6.37. The van der Waals surface area contributed by atoms with Crippen molar-refractivity contribution in [2.24, 2.45) is 0 Å². The molecule has 0 radical (unpaired) electrons. The van der Waals surface area contributed by atoms with E-state index < -0.39 is 0 Å². The third-order valence-electron chi connectivity index (χ3n) is 4.20. The molecule has 0 bridgehead atoms. The van der Waals surface area contributed by atoms with Crippen molar-refractivity contribution >= 4 is 5.69 Å². The van der Waals surface area contributed by atoms with Gasteiger partial charge in [0.05, 0.1) is 13.2 Å². The summed E-state index contributed by atoms with van der Waals surface area (Å²) >= 11 is 0. The summed E-state index contributed by atoms with van der Waals surface area (Å²) in [5.74, 6) is 1.81. The highest BCUT2D eigenvalue weighted by Crippen LogP contribution is 2.19. The quantitative estimate of drug-likeness (QED) is 0.502. The highest BCUT2D eigenvalue weighted by Gasteiger charge is 2.00. The predicted molar refractivity (Wildman–Crippen MR) is 112 cm³/mol. The Bertz CT molecular complexity index is 817. The Hall–Kier alpha value is -2.94. The van der Waals surface area contributed by atoms with E-state index >= 15 is 0 Å². The second kappa shape index (κ2) is 10.3. The van der Waals surface area contributed by atoms with Crippen molar-refractivity contribution in [3.8, 4) is 11.5 Å². The van der Waals surface area contributed by atoms with Crippen molar-refractivity contribution in [2.45, 2.75) is 26.3 Å². The van der Waals surface area contributed by atoms with Gasteiger partial charge in [0.15, 0.2) is 0 Å². The second-order valence-corrected chi connectivity index (χ2v) is 6.46. The van der Waals surface area contributed by atoms with Crippen LogP contribution in [0.5, 0.6) is 11.5 Å². The minimum Gasteiger partial charge on any atom is -0.494 e. The maximum Gasteiger partial charge on any atom is 0.121 e. The highest BCUT2D eigenvalue weighted by atomic mass is 16.5. The fraction of sp³-hybridized carbons (Fsp3) is 0.250. The van der Waals surface area contributed by atoms with Crippen LogP contribution in [-0.2, 0) is 13.0 Å². The van der Waals surface area contributed by atoms with Crippen molar-refractivity contribution in [1.29, 1.82) is 0 Å². The van der Waals surface area contributed by atoms with Crippen LogP contribution in [0.4, 0.5) is 5.69 Å². The van der Waals surface area contributed by atoms with Gasteiger partial charge < -0.3 is 14.8 Å². The molecular formula is C24H27NO2. The number of hydrogen-bond donors (Lipinski definition) is 1. The normalized spacial score (nSPS) is 10.4. The van der Waals surface area contributed by atoms with E-state index in [1.165, 1.54) is 11.1 Å².